The van der Waals surface area contributed by atoms with Crippen molar-refractivity contribution in [3.8, 4) is 0 Å². The summed E-state index contributed by atoms with van der Waals surface area (Å²) in [5.74, 6) is -1.02. The first-order chi connectivity index (χ1) is 31.6. The van der Waals surface area contributed by atoms with Gasteiger partial charge in [0.1, 0.15) is 36.3 Å². The van der Waals surface area contributed by atoms with Crippen LogP contribution in [-0.2, 0) is 50.7 Å². The third kappa shape index (κ3) is 23.1. The number of nitrogens with zero attached hydrogens (tertiary/aromatic N) is 4. The van der Waals surface area contributed by atoms with E-state index in [1.807, 2.05) is 0 Å². The zero-order valence-electron chi connectivity index (χ0n) is 39.4. The normalized spacial score (nSPS) is 19.8. The van der Waals surface area contributed by atoms with Gasteiger partial charge in [-0.2, -0.15) is 4.31 Å². The molecule has 1 saturated heterocycles. The maximum absolute atomic E-state index is 12.7. The van der Waals surface area contributed by atoms with Crippen molar-refractivity contribution in [3.63, 3.8) is 0 Å². The fourth-order valence-electron chi connectivity index (χ4n) is 7.01. The largest absolute Gasteiger partial charge is 0.481 e. The van der Waals surface area contributed by atoms with Crippen molar-refractivity contribution in [1.29, 1.82) is 0 Å². The second-order valence-corrected chi connectivity index (χ2v) is 22.4. The molecule has 0 spiro atoms. The van der Waals surface area contributed by atoms with Gasteiger partial charge >= 0.3 is 23.5 Å². The third-order valence-corrected chi connectivity index (χ3v) is 14.8. The van der Waals surface area contributed by atoms with Crippen molar-refractivity contribution in [2.24, 2.45) is 5.41 Å². The number of nitrogen functional groups attached to an aromatic ring is 1. The summed E-state index contributed by atoms with van der Waals surface area (Å²) in [4.78, 5) is 88.4. The molecule has 7 atom stereocenters. The molecule has 2 aromatic heterocycles. The van der Waals surface area contributed by atoms with Crippen LogP contribution in [0.25, 0.3) is 11.2 Å². The Labute approximate surface area is 413 Å². The number of rotatable bonds is 35. The Morgan fingerprint density at radius 3 is 2.01 bits per heavy atom. The van der Waals surface area contributed by atoms with E-state index in [9.17, 15) is 57.9 Å². The van der Waals surface area contributed by atoms with E-state index in [4.69, 9.17) is 19.5 Å². The van der Waals surface area contributed by atoms with Crippen LogP contribution in [0, 0.1) is 5.41 Å². The number of phosphoric acid groups is 3. The van der Waals surface area contributed by atoms with Crippen molar-refractivity contribution in [3.05, 3.63) is 12.7 Å². The van der Waals surface area contributed by atoms with Gasteiger partial charge in [-0.1, -0.05) is 122 Å². The number of ether oxygens (including phenoxy) is 1. The van der Waals surface area contributed by atoms with Gasteiger partial charge < -0.3 is 50.9 Å². The molecule has 29 heteroatoms. The molecular formula is C39H70LiN7O17P3S. The number of carbonyl (C=O) groups is 3. The zero-order valence-corrected chi connectivity index (χ0v) is 42.9. The molecule has 1 radical (unpaired) electrons. The molecule has 1 fully saturated rings. The number of phosphoric ester groups is 3. The molecule has 0 aromatic carbocycles. The Bertz CT molecular complexity index is 2000. The van der Waals surface area contributed by atoms with Crippen LogP contribution < -0.4 is 16.4 Å². The van der Waals surface area contributed by atoms with Gasteiger partial charge in [0.05, 0.1) is 19.5 Å². The van der Waals surface area contributed by atoms with Crippen LogP contribution in [0.2, 0.25) is 0 Å². The number of nitrogens with two attached hydrogens (primary N) is 1. The van der Waals surface area contributed by atoms with Gasteiger partial charge in [-0.25, -0.2) is 28.6 Å². The number of carbonyl (C=O) groups excluding carboxylic acids is 3. The van der Waals surface area contributed by atoms with E-state index < -0.39 is 84.6 Å². The van der Waals surface area contributed by atoms with Crippen LogP contribution in [0.4, 0.5) is 5.82 Å². The number of thioether (sulfide) groups is 1. The van der Waals surface area contributed by atoms with E-state index in [-0.39, 0.29) is 60.5 Å². The van der Waals surface area contributed by atoms with Crippen molar-refractivity contribution >= 4 is 88.0 Å². The zero-order chi connectivity index (χ0) is 49.7. The Hall–Kier alpha value is -1.84. The minimum Gasteiger partial charge on any atom is -0.386 e. The van der Waals surface area contributed by atoms with E-state index in [1.54, 1.807) is 0 Å². The van der Waals surface area contributed by atoms with Gasteiger partial charge in [-0.05, 0) is 6.42 Å². The average Bonchev–Trinajstić information content (AvgIpc) is 3.81. The molecule has 68 heavy (non-hydrogen) atoms. The van der Waals surface area contributed by atoms with E-state index >= 15 is 0 Å². The van der Waals surface area contributed by atoms with Crippen LogP contribution in [0.15, 0.2) is 12.7 Å². The number of fused-ring (bicyclic) bond motifs is 1. The van der Waals surface area contributed by atoms with Gasteiger partial charge in [-0.15, -0.1) is 0 Å². The summed E-state index contributed by atoms with van der Waals surface area (Å²) < 4.78 is 62.4. The summed E-state index contributed by atoms with van der Waals surface area (Å²) in [5, 5.41) is 26.7. The number of aliphatic hydroxyl groups excluding tert-OH is 2. The number of imidazole rings is 1. The van der Waals surface area contributed by atoms with E-state index in [2.05, 4.69) is 41.3 Å². The van der Waals surface area contributed by atoms with Crippen molar-refractivity contribution in [2.75, 3.05) is 37.8 Å². The summed E-state index contributed by atoms with van der Waals surface area (Å²) in [5.41, 5.74) is 4.29. The van der Waals surface area contributed by atoms with Gasteiger partial charge in [0.25, 0.3) is 0 Å². The maximum Gasteiger partial charge on any atom is 0.481 e. The van der Waals surface area contributed by atoms with Crippen LogP contribution in [0.1, 0.15) is 136 Å². The number of nitrogens with one attached hydrogen (secondary N) is 2. The smallest absolute Gasteiger partial charge is 0.386 e. The van der Waals surface area contributed by atoms with Crippen molar-refractivity contribution in [2.45, 2.75) is 161 Å². The fraction of sp³-hybridized carbons (Fsp3) is 0.795. The standard InChI is InChI=1S/C39H70N7O17P3S.Li/c1-4-5-6-7-8-9-10-11-12-13-14-15-16-17-18-19-30(48)67-23-22-41-29(47)20-21-42-37(51)34(50)39(2,3)25-60-66(57,58)63-65(55,56)59-24-28-33(62-64(52,53)54)32(49)38(61-28)46-27-45-31-35(40)43-26-44-36(31)46;/h26-28,32-34,38,49-50H,4-25H2,1-3H3,(H,41,47)(H,42,51)(H,55,56)(H,57,58)(H2,40,43,44)(H2,52,53,54);/t28-,32-,33-,34+,38-;/m1./s1. The molecule has 3 rings (SSSR count). The molecule has 385 valence electrons. The molecule has 2 unspecified atom stereocenters. The summed E-state index contributed by atoms with van der Waals surface area (Å²) in [6.45, 7) is 2.82. The molecule has 1 aliphatic heterocycles. The Balaban J connectivity index is 0.0000159. The van der Waals surface area contributed by atoms with Crippen molar-refractivity contribution in [1.82, 2.24) is 30.2 Å². The Morgan fingerprint density at radius 2 is 1.43 bits per heavy atom. The van der Waals surface area contributed by atoms with Crippen molar-refractivity contribution < 1.29 is 80.5 Å². The monoisotopic (exact) mass is 1040 g/mol. The fourth-order valence-corrected chi connectivity index (χ4v) is 10.6. The number of unbranched alkanes of at least 4 members (excludes halogenated alkanes) is 14. The Kier molecular flexibility index (Phi) is 28.3. The second kappa shape index (κ2) is 30.9. The molecule has 0 saturated carbocycles. The van der Waals surface area contributed by atoms with Crippen LogP contribution >= 0.6 is 35.2 Å². The first-order valence-electron chi connectivity index (χ1n) is 22.6. The SMILES string of the molecule is CCCCCCCCCCCCCCCCCC(=O)SCCNC(=O)CCNC(=O)[C@H](O)C(C)(C)COP(=O)(O)OP(=O)(O)OC[C@H]1O[C@@H](n2cnc3c(N)ncnc32)[C@H](O)[C@@H]1OP(=O)(O)O.[Li]. The van der Waals surface area contributed by atoms with Crippen LogP contribution in [-0.4, -0.2) is 142 Å². The number of aromatic nitrogens is 4. The Morgan fingerprint density at radius 1 is 0.853 bits per heavy atom. The molecule has 10 N–H and O–H groups in total. The number of hydrogen-bond acceptors (Lipinski definition) is 18. The number of hydrogen-bond donors (Lipinski definition) is 9. The topological polar surface area (TPSA) is 364 Å². The summed E-state index contributed by atoms with van der Waals surface area (Å²) in [6.07, 6.45) is 12.3. The van der Waals surface area contributed by atoms with Crippen LogP contribution in [0.3, 0.4) is 0 Å². The first kappa shape index (κ1) is 62.3. The number of aliphatic hydroxyl groups is 2. The summed E-state index contributed by atoms with van der Waals surface area (Å²) in [7, 11) is -16.4. The molecular weight excluding hydrogens is 970 g/mol. The molecule has 0 aliphatic carbocycles. The minimum absolute atomic E-state index is 0. The predicted octanol–water partition coefficient (Wildman–Crippen LogP) is 4.55. The van der Waals surface area contributed by atoms with Crippen LogP contribution in [0.5, 0.6) is 0 Å². The first-order valence-corrected chi connectivity index (χ1v) is 28.1. The van der Waals surface area contributed by atoms with E-state index in [0.29, 0.717) is 12.2 Å². The quantitative estimate of drug-likeness (QED) is 0.0260. The molecule has 24 nitrogen and oxygen atoms in total. The molecule has 1 aliphatic rings. The predicted molar refractivity (Wildman–Crippen MR) is 252 cm³/mol. The molecule has 3 heterocycles. The third-order valence-electron chi connectivity index (χ3n) is 10.7. The molecule has 2 amide bonds. The number of amides is 2. The van der Waals surface area contributed by atoms with E-state index in [0.717, 1.165) is 48.2 Å². The van der Waals surface area contributed by atoms with E-state index in [1.165, 1.54) is 90.9 Å². The van der Waals surface area contributed by atoms with Gasteiger partial charge in [0, 0.05) is 56.0 Å². The number of anilines is 1. The summed E-state index contributed by atoms with van der Waals surface area (Å²) in [6, 6.07) is 0. The molecule has 0 bridgehead atoms. The van der Waals surface area contributed by atoms with Gasteiger partial charge in [0.2, 0.25) is 11.8 Å². The second-order valence-electron chi connectivity index (χ2n) is 17.0. The minimum atomic E-state index is -5.57. The summed E-state index contributed by atoms with van der Waals surface area (Å²) >= 11 is 1.16. The van der Waals surface area contributed by atoms with Gasteiger partial charge in [0.15, 0.2) is 22.8 Å². The maximum atomic E-state index is 12.7. The van der Waals surface area contributed by atoms with Gasteiger partial charge in [-0.3, -0.25) is 32.5 Å². The molecule has 2 aromatic rings. The average molecular weight is 1040 g/mol.